The molecule has 2 aromatic carbocycles. The quantitative estimate of drug-likeness (QED) is 0.197. The number of allylic oxidation sites excluding steroid dienone is 3. The predicted molar refractivity (Wildman–Crippen MR) is 129 cm³/mol. The maximum absolute atomic E-state index is 12.3. The molecule has 0 saturated heterocycles. The Morgan fingerprint density at radius 2 is 1.45 bits per heavy atom. The molecule has 0 aliphatic carbocycles. The first-order valence-corrected chi connectivity index (χ1v) is 10.2. The number of phenolic OH excluding ortho intramolecular Hbond substituents is 2. The first-order chi connectivity index (χ1) is 15.0. The Hall–Kier alpha value is -3.80. The van der Waals surface area contributed by atoms with Crippen molar-refractivity contribution in [1.82, 2.24) is 0 Å². The summed E-state index contributed by atoms with van der Waals surface area (Å²) in [6, 6.07) is 10.8. The summed E-state index contributed by atoms with van der Waals surface area (Å²) >= 11 is 0. The van der Waals surface area contributed by atoms with Crippen molar-refractivity contribution in [2.24, 2.45) is 0 Å². The number of hydrogen-bond acceptors (Lipinski definition) is 4. The van der Waals surface area contributed by atoms with Crippen molar-refractivity contribution >= 4 is 23.2 Å². The molecule has 166 valence electrons. The molecule has 6 nitrogen and oxygen atoms in total. The normalized spacial score (nSPS) is 10.2. The van der Waals surface area contributed by atoms with Crippen LogP contribution in [-0.4, -0.2) is 22.0 Å². The Labute approximate surface area is 184 Å². The minimum absolute atomic E-state index is 0.0365. The number of phenols is 2. The molecule has 0 bridgehead atoms. The topological polar surface area (TPSA) is 98.7 Å². The van der Waals surface area contributed by atoms with Crippen LogP contribution in [0.4, 0.5) is 11.4 Å². The molecule has 0 radical (unpaired) electrons. The molecule has 0 unspecified atom stereocenters. The van der Waals surface area contributed by atoms with Crippen molar-refractivity contribution in [3.8, 4) is 11.5 Å². The van der Waals surface area contributed by atoms with Gasteiger partial charge in [-0.25, -0.2) is 0 Å². The van der Waals surface area contributed by atoms with Gasteiger partial charge in [-0.05, 0) is 31.2 Å². The van der Waals surface area contributed by atoms with Gasteiger partial charge in [0.2, 0.25) is 0 Å². The van der Waals surface area contributed by atoms with E-state index in [-0.39, 0.29) is 28.4 Å². The van der Waals surface area contributed by atoms with E-state index in [1.165, 1.54) is 12.1 Å². The average molecular weight is 425 g/mol. The fraction of sp³-hybridized carbons (Fsp3) is 0.200. The highest BCUT2D eigenvalue weighted by Crippen LogP contribution is 2.35. The summed E-state index contributed by atoms with van der Waals surface area (Å²) in [4.78, 5) is 24.6. The highest BCUT2D eigenvalue weighted by Gasteiger charge is 2.15. The van der Waals surface area contributed by atoms with E-state index in [9.17, 15) is 19.8 Å². The van der Waals surface area contributed by atoms with Crippen LogP contribution in [0.2, 0.25) is 0 Å². The number of anilines is 2. The summed E-state index contributed by atoms with van der Waals surface area (Å²) in [5, 5.41) is 25.1. The minimum atomic E-state index is -0.496. The summed E-state index contributed by atoms with van der Waals surface area (Å²) in [7, 11) is 0. The molecular formula is C25H32N2O4. The van der Waals surface area contributed by atoms with Crippen LogP contribution >= 0.6 is 0 Å². The van der Waals surface area contributed by atoms with Gasteiger partial charge in [-0.3, -0.25) is 9.59 Å². The van der Waals surface area contributed by atoms with Gasteiger partial charge < -0.3 is 20.8 Å². The van der Waals surface area contributed by atoms with Crippen LogP contribution in [0.5, 0.6) is 11.5 Å². The van der Waals surface area contributed by atoms with Crippen LogP contribution in [-0.2, 0) is 4.79 Å². The molecule has 6 heteroatoms. The van der Waals surface area contributed by atoms with E-state index in [2.05, 4.69) is 17.2 Å². The van der Waals surface area contributed by atoms with Gasteiger partial charge in [-0.2, -0.15) is 0 Å². The van der Waals surface area contributed by atoms with Gasteiger partial charge in [0.1, 0.15) is 11.5 Å². The molecule has 4 N–H and O–H groups in total. The molecular weight excluding hydrogens is 392 g/mol. The number of amides is 2. The zero-order valence-corrected chi connectivity index (χ0v) is 18.8. The average Bonchev–Trinajstić information content (AvgIpc) is 2.80. The molecule has 0 aliphatic rings. The maximum atomic E-state index is 12.3. The van der Waals surface area contributed by atoms with Crippen LogP contribution in [0, 0.1) is 0 Å². The molecule has 0 spiro atoms. The number of nitrogens with one attached hydrogen (secondary N) is 2. The van der Waals surface area contributed by atoms with Crippen molar-refractivity contribution < 1.29 is 19.8 Å². The molecule has 31 heavy (non-hydrogen) atoms. The molecule has 0 atom stereocenters. The van der Waals surface area contributed by atoms with Crippen molar-refractivity contribution in [1.29, 1.82) is 0 Å². The first-order valence-electron chi connectivity index (χ1n) is 10.2. The zero-order chi connectivity index (χ0) is 23.8. The fourth-order valence-corrected chi connectivity index (χ4v) is 2.19. The lowest BCUT2D eigenvalue weighted by atomic mass is 10.1. The Bertz CT molecular complexity index is 917. The minimum Gasteiger partial charge on any atom is -0.506 e. The monoisotopic (exact) mass is 424 g/mol. The Morgan fingerprint density at radius 3 is 1.97 bits per heavy atom. The van der Waals surface area contributed by atoms with Crippen molar-refractivity contribution in [2.75, 3.05) is 10.6 Å². The van der Waals surface area contributed by atoms with Gasteiger partial charge in [0.05, 0.1) is 11.4 Å². The van der Waals surface area contributed by atoms with Crippen molar-refractivity contribution in [2.45, 2.75) is 34.6 Å². The molecule has 0 aliphatic heterocycles. The smallest absolute Gasteiger partial charge is 0.255 e. The van der Waals surface area contributed by atoms with Crippen LogP contribution in [0.15, 0.2) is 78.9 Å². The van der Waals surface area contributed by atoms with Crippen LogP contribution in [0.25, 0.3) is 0 Å². The van der Waals surface area contributed by atoms with Gasteiger partial charge in [0.25, 0.3) is 11.8 Å². The largest absolute Gasteiger partial charge is 0.506 e. The van der Waals surface area contributed by atoms with E-state index in [1.54, 1.807) is 48.6 Å². The lowest BCUT2D eigenvalue weighted by molar-refractivity contribution is -0.112. The number of aromatic hydroxyl groups is 2. The first kappa shape index (κ1) is 27.2. The molecule has 0 aromatic heterocycles. The zero-order valence-electron chi connectivity index (χ0n) is 18.8. The van der Waals surface area contributed by atoms with E-state index >= 15 is 0 Å². The SMILES string of the molecule is C=C/C(=C\C=C/C)C(=O)Nc1cc(NC(=O)c2ccccc2)c(O)cc1O.CC.CC. The third-order valence-corrected chi connectivity index (χ3v) is 3.60. The van der Waals surface area contributed by atoms with Crippen LogP contribution < -0.4 is 10.6 Å². The highest BCUT2D eigenvalue weighted by molar-refractivity contribution is 6.08. The lowest BCUT2D eigenvalue weighted by Gasteiger charge is -2.13. The highest BCUT2D eigenvalue weighted by atomic mass is 16.3. The molecule has 0 heterocycles. The standard InChI is InChI=1S/C21H20N2O4.2C2H6/c1-3-5-9-14(4-2)20(26)22-16-12-17(19(25)13-18(16)24)23-21(27)15-10-7-6-8-11-15;2*1-2/h3-13,24-25H,2H2,1H3,(H,22,26)(H,23,27);2*1-2H3/b5-3-,14-9+;;. The van der Waals surface area contributed by atoms with E-state index < -0.39 is 11.8 Å². The third-order valence-electron chi connectivity index (χ3n) is 3.60. The summed E-state index contributed by atoms with van der Waals surface area (Å²) in [5.41, 5.74) is 0.776. The van der Waals surface area contributed by atoms with Crippen molar-refractivity contribution in [3.63, 3.8) is 0 Å². The Balaban J connectivity index is 0.00000212. The van der Waals surface area contributed by atoms with Gasteiger partial charge >= 0.3 is 0 Å². The predicted octanol–water partition coefficient (Wildman–Crippen LogP) is 6.03. The maximum Gasteiger partial charge on any atom is 0.255 e. The van der Waals surface area contributed by atoms with E-state index in [0.29, 0.717) is 5.56 Å². The van der Waals surface area contributed by atoms with Gasteiger partial charge in [-0.1, -0.05) is 70.7 Å². The summed E-state index contributed by atoms with van der Waals surface area (Å²) in [6.07, 6.45) is 6.38. The van der Waals surface area contributed by atoms with Gasteiger partial charge in [0, 0.05) is 17.2 Å². The second-order valence-electron chi connectivity index (χ2n) is 5.51. The Kier molecular flexibility index (Phi) is 13.2. The van der Waals surface area contributed by atoms with E-state index in [1.807, 2.05) is 34.6 Å². The summed E-state index contributed by atoms with van der Waals surface area (Å²) < 4.78 is 0. The molecule has 2 rings (SSSR count). The number of carbonyl (C=O) groups excluding carboxylic acids is 2. The number of carbonyl (C=O) groups is 2. The number of benzene rings is 2. The third kappa shape index (κ3) is 8.62. The van der Waals surface area contributed by atoms with Gasteiger partial charge in [-0.15, -0.1) is 0 Å². The van der Waals surface area contributed by atoms with Gasteiger partial charge in [0.15, 0.2) is 0 Å². The van der Waals surface area contributed by atoms with Crippen LogP contribution in [0.3, 0.4) is 0 Å². The number of rotatable bonds is 6. The summed E-state index contributed by atoms with van der Waals surface area (Å²) in [6.45, 7) is 13.4. The Morgan fingerprint density at radius 1 is 0.903 bits per heavy atom. The molecule has 0 fully saturated rings. The molecule has 2 aromatic rings. The van der Waals surface area contributed by atoms with Crippen molar-refractivity contribution in [3.05, 3.63) is 84.5 Å². The second kappa shape index (κ2) is 15.1. The molecule has 2 amide bonds. The van der Waals surface area contributed by atoms with Crippen LogP contribution in [0.1, 0.15) is 45.0 Å². The summed E-state index contributed by atoms with van der Waals surface area (Å²) in [5.74, 6) is -1.60. The second-order valence-corrected chi connectivity index (χ2v) is 5.51. The molecule has 0 saturated carbocycles. The fourth-order valence-electron chi connectivity index (χ4n) is 2.19. The van der Waals surface area contributed by atoms with E-state index in [4.69, 9.17) is 0 Å². The van der Waals surface area contributed by atoms with E-state index in [0.717, 1.165) is 6.07 Å². The lowest BCUT2D eigenvalue weighted by Crippen LogP contribution is -2.15. The number of hydrogen-bond donors (Lipinski definition) is 4.